The van der Waals surface area contributed by atoms with Crippen molar-refractivity contribution in [1.82, 2.24) is 10.3 Å². The number of ether oxygens (including phenoxy) is 1. The summed E-state index contributed by atoms with van der Waals surface area (Å²) >= 11 is 0. The summed E-state index contributed by atoms with van der Waals surface area (Å²) in [5.74, 6) is 0. The number of pyridine rings is 1. The molecule has 3 rings (SSSR count). The van der Waals surface area contributed by atoms with Gasteiger partial charge in [0.1, 0.15) is 0 Å². The molecular formula is C16H20N2O. The van der Waals surface area contributed by atoms with E-state index in [4.69, 9.17) is 4.74 Å². The molecule has 0 bridgehead atoms. The van der Waals surface area contributed by atoms with Crippen LogP contribution < -0.4 is 5.32 Å². The van der Waals surface area contributed by atoms with E-state index in [2.05, 4.69) is 41.5 Å². The lowest BCUT2D eigenvalue weighted by Crippen LogP contribution is -2.37. The van der Waals surface area contributed by atoms with E-state index in [1.54, 1.807) is 0 Å². The van der Waals surface area contributed by atoms with Crippen LogP contribution in [0.25, 0.3) is 10.9 Å². The SMILES string of the molecule is CC1CC(NCc2cccc3cccnc23)CCO1. The van der Waals surface area contributed by atoms with E-state index >= 15 is 0 Å². The van der Waals surface area contributed by atoms with E-state index in [9.17, 15) is 0 Å². The molecule has 2 aromatic rings. The summed E-state index contributed by atoms with van der Waals surface area (Å²) < 4.78 is 5.58. The lowest BCUT2D eigenvalue weighted by atomic mass is 10.0. The smallest absolute Gasteiger partial charge is 0.0746 e. The van der Waals surface area contributed by atoms with Gasteiger partial charge in [-0.2, -0.15) is 0 Å². The number of hydrogen-bond acceptors (Lipinski definition) is 3. The van der Waals surface area contributed by atoms with Gasteiger partial charge in [0.2, 0.25) is 0 Å². The molecule has 1 saturated heterocycles. The van der Waals surface area contributed by atoms with Crippen LogP contribution in [0, 0.1) is 0 Å². The van der Waals surface area contributed by atoms with Gasteiger partial charge in [0.05, 0.1) is 11.6 Å². The van der Waals surface area contributed by atoms with Crippen molar-refractivity contribution in [2.45, 2.75) is 38.5 Å². The van der Waals surface area contributed by atoms with Gasteiger partial charge in [-0.25, -0.2) is 0 Å². The van der Waals surface area contributed by atoms with Crippen molar-refractivity contribution in [3.8, 4) is 0 Å². The highest BCUT2D eigenvalue weighted by Gasteiger charge is 2.18. The monoisotopic (exact) mass is 256 g/mol. The summed E-state index contributed by atoms with van der Waals surface area (Å²) in [5.41, 5.74) is 2.38. The standard InChI is InChI=1S/C16H20N2O/c1-12-10-15(7-9-19-12)18-11-14-5-2-4-13-6-3-8-17-16(13)14/h2-6,8,12,15,18H,7,9-11H2,1H3. The fourth-order valence-corrected chi connectivity index (χ4v) is 2.75. The number of nitrogens with zero attached hydrogens (tertiary/aromatic N) is 1. The Kier molecular flexibility index (Phi) is 3.76. The highest BCUT2D eigenvalue weighted by molar-refractivity contribution is 5.81. The van der Waals surface area contributed by atoms with Gasteiger partial charge in [0, 0.05) is 30.8 Å². The average molecular weight is 256 g/mol. The van der Waals surface area contributed by atoms with Crippen molar-refractivity contribution in [1.29, 1.82) is 0 Å². The van der Waals surface area contributed by atoms with E-state index in [1.165, 1.54) is 10.9 Å². The minimum atomic E-state index is 0.372. The third-order valence-electron chi connectivity index (χ3n) is 3.78. The molecular weight excluding hydrogens is 236 g/mol. The number of nitrogens with one attached hydrogen (secondary N) is 1. The molecule has 1 N–H and O–H groups in total. The van der Waals surface area contributed by atoms with Gasteiger partial charge in [0.25, 0.3) is 0 Å². The summed E-state index contributed by atoms with van der Waals surface area (Å²) in [6, 6.07) is 11.0. The lowest BCUT2D eigenvalue weighted by molar-refractivity contribution is 0.0130. The van der Waals surface area contributed by atoms with E-state index in [0.717, 1.165) is 31.5 Å². The Bertz CT molecular complexity index is 550. The Labute approximate surface area is 114 Å². The minimum absolute atomic E-state index is 0.372. The molecule has 0 amide bonds. The Morgan fingerprint density at radius 1 is 1.32 bits per heavy atom. The molecule has 0 spiro atoms. The van der Waals surface area contributed by atoms with E-state index in [1.807, 2.05) is 12.3 Å². The van der Waals surface area contributed by atoms with Crippen molar-refractivity contribution in [2.75, 3.05) is 6.61 Å². The zero-order valence-corrected chi connectivity index (χ0v) is 11.3. The Morgan fingerprint density at radius 2 is 2.21 bits per heavy atom. The van der Waals surface area contributed by atoms with Crippen LogP contribution in [0.3, 0.4) is 0 Å². The molecule has 0 aliphatic carbocycles. The van der Waals surface area contributed by atoms with E-state index in [0.29, 0.717) is 12.1 Å². The number of hydrogen-bond donors (Lipinski definition) is 1. The van der Waals surface area contributed by atoms with Crippen molar-refractivity contribution >= 4 is 10.9 Å². The highest BCUT2D eigenvalue weighted by Crippen LogP contribution is 2.18. The van der Waals surface area contributed by atoms with Gasteiger partial charge in [0.15, 0.2) is 0 Å². The molecule has 0 radical (unpaired) electrons. The highest BCUT2D eigenvalue weighted by atomic mass is 16.5. The number of rotatable bonds is 3. The minimum Gasteiger partial charge on any atom is -0.378 e. The number of para-hydroxylation sites is 1. The quantitative estimate of drug-likeness (QED) is 0.917. The molecule has 2 unspecified atom stereocenters. The normalized spacial score (nSPS) is 23.6. The van der Waals surface area contributed by atoms with Gasteiger partial charge >= 0.3 is 0 Å². The molecule has 1 aliphatic rings. The maximum Gasteiger partial charge on any atom is 0.0746 e. The molecule has 2 heterocycles. The fourth-order valence-electron chi connectivity index (χ4n) is 2.75. The molecule has 1 aromatic heterocycles. The molecule has 3 heteroatoms. The summed E-state index contributed by atoms with van der Waals surface area (Å²) in [6.45, 7) is 3.89. The Balaban J connectivity index is 1.71. The molecule has 2 atom stereocenters. The van der Waals surface area contributed by atoms with Crippen LogP contribution in [0.2, 0.25) is 0 Å². The van der Waals surface area contributed by atoms with Crippen molar-refractivity contribution in [3.05, 3.63) is 42.1 Å². The third-order valence-corrected chi connectivity index (χ3v) is 3.78. The molecule has 19 heavy (non-hydrogen) atoms. The average Bonchev–Trinajstić information content (AvgIpc) is 2.45. The molecule has 1 fully saturated rings. The van der Waals surface area contributed by atoms with E-state index in [-0.39, 0.29) is 0 Å². The molecule has 1 aliphatic heterocycles. The summed E-state index contributed by atoms with van der Waals surface area (Å²) in [7, 11) is 0. The Morgan fingerprint density at radius 3 is 3.11 bits per heavy atom. The number of fused-ring (bicyclic) bond motifs is 1. The van der Waals surface area contributed by atoms with Crippen LogP contribution >= 0.6 is 0 Å². The van der Waals surface area contributed by atoms with Crippen LogP contribution in [0.15, 0.2) is 36.5 Å². The van der Waals surface area contributed by atoms with Gasteiger partial charge in [-0.1, -0.05) is 24.3 Å². The number of aromatic nitrogens is 1. The molecule has 1 aromatic carbocycles. The van der Waals surface area contributed by atoms with Gasteiger partial charge in [-0.3, -0.25) is 4.98 Å². The third kappa shape index (κ3) is 2.94. The lowest BCUT2D eigenvalue weighted by Gasteiger charge is -2.28. The second-order valence-electron chi connectivity index (χ2n) is 5.28. The summed E-state index contributed by atoms with van der Waals surface area (Å²) in [5, 5.41) is 4.85. The first-order valence-electron chi connectivity index (χ1n) is 7.00. The van der Waals surface area contributed by atoms with Crippen LogP contribution in [0.4, 0.5) is 0 Å². The Hall–Kier alpha value is -1.45. The van der Waals surface area contributed by atoms with Crippen LogP contribution in [0.1, 0.15) is 25.3 Å². The van der Waals surface area contributed by atoms with Crippen LogP contribution in [-0.2, 0) is 11.3 Å². The largest absolute Gasteiger partial charge is 0.378 e. The first kappa shape index (κ1) is 12.6. The van der Waals surface area contributed by atoms with Crippen LogP contribution in [0.5, 0.6) is 0 Å². The van der Waals surface area contributed by atoms with Gasteiger partial charge in [-0.15, -0.1) is 0 Å². The molecule has 3 nitrogen and oxygen atoms in total. The van der Waals surface area contributed by atoms with Gasteiger partial charge < -0.3 is 10.1 Å². The first-order valence-corrected chi connectivity index (χ1v) is 7.00. The zero-order chi connectivity index (χ0) is 13.1. The fraction of sp³-hybridized carbons (Fsp3) is 0.438. The zero-order valence-electron chi connectivity index (χ0n) is 11.3. The molecule has 0 saturated carbocycles. The second-order valence-corrected chi connectivity index (χ2v) is 5.28. The molecule has 100 valence electrons. The predicted molar refractivity (Wildman–Crippen MR) is 77.0 cm³/mol. The maximum absolute atomic E-state index is 5.58. The van der Waals surface area contributed by atoms with Crippen molar-refractivity contribution < 1.29 is 4.74 Å². The van der Waals surface area contributed by atoms with Crippen LogP contribution in [-0.4, -0.2) is 23.7 Å². The topological polar surface area (TPSA) is 34.2 Å². The second kappa shape index (κ2) is 5.68. The summed E-state index contributed by atoms with van der Waals surface area (Å²) in [6.07, 6.45) is 4.43. The van der Waals surface area contributed by atoms with Gasteiger partial charge in [-0.05, 0) is 31.4 Å². The maximum atomic E-state index is 5.58. The number of benzene rings is 1. The van der Waals surface area contributed by atoms with Crippen molar-refractivity contribution in [2.24, 2.45) is 0 Å². The predicted octanol–water partition coefficient (Wildman–Crippen LogP) is 2.89. The van der Waals surface area contributed by atoms with E-state index < -0.39 is 0 Å². The summed E-state index contributed by atoms with van der Waals surface area (Å²) in [4.78, 5) is 4.50. The van der Waals surface area contributed by atoms with Crippen molar-refractivity contribution in [3.63, 3.8) is 0 Å². The first-order chi connectivity index (χ1) is 9.33.